The number of fused-ring (bicyclic) bond motifs is 1. The van der Waals surface area contributed by atoms with Crippen LogP contribution in [-0.2, 0) is 17.6 Å². The molecule has 0 bridgehead atoms. The Balaban J connectivity index is 1.88. The predicted octanol–water partition coefficient (Wildman–Crippen LogP) is 2.72. The molecule has 20 heavy (non-hydrogen) atoms. The number of hydrogen-bond acceptors (Lipinski definition) is 6. The molecule has 2 heterocycles. The molecule has 3 rings (SSSR count). The van der Waals surface area contributed by atoms with Crippen LogP contribution < -0.4 is 11.1 Å². The molecule has 0 spiro atoms. The minimum Gasteiger partial charge on any atom is -0.398 e. The van der Waals surface area contributed by atoms with Gasteiger partial charge in [-0.15, -0.1) is 0 Å². The van der Waals surface area contributed by atoms with Gasteiger partial charge in [-0.25, -0.2) is 4.98 Å². The Hall–Kier alpha value is -1.60. The van der Waals surface area contributed by atoms with Crippen molar-refractivity contribution in [2.45, 2.75) is 35.4 Å². The molecule has 2 aromatic rings. The summed E-state index contributed by atoms with van der Waals surface area (Å²) >= 11 is 2.92. The number of nitrogens with two attached hydrogens (primary N) is 1. The van der Waals surface area contributed by atoms with Crippen LogP contribution in [-0.4, -0.2) is 15.3 Å². The number of nitrogen functional groups attached to an aromatic ring is 1. The fourth-order valence-electron chi connectivity index (χ4n) is 2.03. The number of hydrogen-bond donors (Lipinski definition) is 2. The second-order valence-electron chi connectivity index (χ2n) is 4.53. The van der Waals surface area contributed by atoms with Gasteiger partial charge < -0.3 is 11.1 Å². The summed E-state index contributed by atoms with van der Waals surface area (Å²) in [6.07, 6.45) is 2.12. The van der Waals surface area contributed by atoms with E-state index in [1.165, 1.54) is 23.3 Å². The third kappa shape index (κ3) is 2.64. The molecule has 0 saturated carbocycles. The van der Waals surface area contributed by atoms with E-state index in [0.717, 1.165) is 39.2 Å². The average Bonchev–Trinajstić information content (AvgIpc) is 2.87. The summed E-state index contributed by atoms with van der Waals surface area (Å²) < 4.78 is 5.17. The van der Waals surface area contributed by atoms with Gasteiger partial charge >= 0.3 is 0 Å². The molecule has 7 heteroatoms. The van der Waals surface area contributed by atoms with E-state index in [2.05, 4.69) is 14.7 Å². The van der Waals surface area contributed by atoms with Gasteiger partial charge in [0.2, 0.25) is 5.91 Å². The highest BCUT2D eigenvalue weighted by Gasteiger charge is 2.17. The summed E-state index contributed by atoms with van der Waals surface area (Å²) in [6, 6.07) is 3.87. The number of anilines is 2. The van der Waals surface area contributed by atoms with Crippen molar-refractivity contribution in [3.8, 4) is 0 Å². The van der Waals surface area contributed by atoms with Crippen molar-refractivity contribution in [2.24, 2.45) is 0 Å². The zero-order valence-electron chi connectivity index (χ0n) is 11.0. The first-order chi connectivity index (χ1) is 9.65. The van der Waals surface area contributed by atoms with Gasteiger partial charge in [0.25, 0.3) is 0 Å². The molecule has 1 aromatic heterocycles. The highest BCUT2D eigenvalue weighted by Crippen LogP contribution is 2.37. The highest BCUT2D eigenvalue weighted by molar-refractivity contribution is 8.01. The summed E-state index contributed by atoms with van der Waals surface area (Å²) in [5, 5.41) is 2.85. The van der Waals surface area contributed by atoms with Crippen LogP contribution in [0.2, 0.25) is 0 Å². The maximum Gasteiger partial charge on any atom is 0.224 e. The fraction of sp³-hybridized carbons (Fsp3) is 0.308. The van der Waals surface area contributed by atoms with Crippen LogP contribution in [0.4, 0.5) is 11.4 Å². The van der Waals surface area contributed by atoms with Gasteiger partial charge in [-0.05, 0) is 35.6 Å². The SMILES string of the molecule is CCc1nsc(Sc2cc3c(cc2N)NC(=O)CC3)n1. The zero-order valence-corrected chi connectivity index (χ0v) is 12.6. The molecule has 0 saturated heterocycles. The van der Waals surface area contributed by atoms with Crippen LogP contribution in [0.15, 0.2) is 21.4 Å². The maximum atomic E-state index is 11.4. The van der Waals surface area contributed by atoms with E-state index < -0.39 is 0 Å². The van der Waals surface area contributed by atoms with Gasteiger partial charge in [-0.1, -0.05) is 18.7 Å². The van der Waals surface area contributed by atoms with Crippen LogP contribution in [0.3, 0.4) is 0 Å². The highest BCUT2D eigenvalue weighted by atomic mass is 32.2. The molecule has 5 nitrogen and oxygen atoms in total. The van der Waals surface area contributed by atoms with E-state index in [4.69, 9.17) is 5.73 Å². The number of carbonyl (C=O) groups excluding carboxylic acids is 1. The lowest BCUT2D eigenvalue weighted by Crippen LogP contribution is -2.19. The molecule has 1 aliphatic rings. The van der Waals surface area contributed by atoms with Crippen molar-refractivity contribution >= 4 is 40.6 Å². The van der Waals surface area contributed by atoms with Crippen LogP contribution >= 0.6 is 23.3 Å². The lowest BCUT2D eigenvalue weighted by molar-refractivity contribution is -0.116. The van der Waals surface area contributed by atoms with Gasteiger partial charge in [0, 0.05) is 29.1 Å². The standard InChI is InChI=1S/C13H14N4OS2/c1-2-11-16-13(20-17-11)19-10-5-7-3-4-12(18)15-9(7)6-8(10)14/h5-6H,2-4,14H2,1H3,(H,15,18). The van der Waals surface area contributed by atoms with E-state index in [1.54, 1.807) is 0 Å². The number of benzene rings is 1. The molecule has 1 aliphatic heterocycles. The molecule has 0 unspecified atom stereocenters. The summed E-state index contributed by atoms with van der Waals surface area (Å²) in [5.74, 6) is 0.912. The number of rotatable bonds is 3. The molecular formula is C13H14N4OS2. The summed E-state index contributed by atoms with van der Waals surface area (Å²) in [4.78, 5) is 16.8. The molecule has 1 amide bonds. The molecule has 104 valence electrons. The fourth-order valence-corrected chi connectivity index (χ4v) is 3.78. The van der Waals surface area contributed by atoms with Gasteiger partial charge in [-0.2, -0.15) is 4.37 Å². The average molecular weight is 306 g/mol. The minimum atomic E-state index is 0.0500. The van der Waals surface area contributed by atoms with E-state index in [0.29, 0.717) is 12.1 Å². The molecule has 0 aliphatic carbocycles. The number of amides is 1. The third-order valence-electron chi connectivity index (χ3n) is 3.09. The van der Waals surface area contributed by atoms with Gasteiger partial charge in [0.15, 0.2) is 4.34 Å². The van der Waals surface area contributed by atoms with E-state index in [1.807, 2.05) is 19.1 Å². The first-order valence-electron chi connectivity index (χ1n) is 6.38. The van der Waals surface area contributed by atoms with Crippen LogP contribution in [0.5, 0.6) is 0 Å². The normalized spacial score (nSPS) is 13.9. The van der Waals surface area contributed by atoms with Crippen LogP contribution in [0.25, 0.3) is 0 Å². The number of aryl methyl sites for hydroxylation is 2. The summed E-state index contributed by atoms with van der Waals surface area (Å²) in [5.41, 5.74) is 8.67. The van der Waals surface area contributed by atoms with Crippen LogP contribution in [0.1, 0.15) is 24.7 Å². The molecule has 1 aromatic carbocycles. The zero-order chi connectivity index (χ0) is 14.1. The van der Waals surface area contributed by atoms with Crippen molar-refractivity contribution in [1.29, 1.82) is 0 Å². The molecule has 0 atom stereocenters. The molecule has 0 fully saturated rings. The van der Waals surface area contributed by atoms with E-state index >= 15 is 0 Å². The Morgan fingerprint density at radius 2 is 2.30 bits per heavy atom. The largest absolute Gasteiger partial charge is 0.398 e. The summed E-state index contributed by atoms with van der Waals surface area (Å²) in [7, 11) is 0. The number of carbonyl (C=O) groups is 1. The topological polar surface area (TPSA) is 80.9 Å². The molecule has 3 N–H and O–H groups in total. The van der Waals surface area contributed by atoms with Gasteiger partial charge in [0.05, 0.1) is 0 Å². The van der Waals surface area contributed by atoms with Crippen molar-refractivity contribution in [2.75, 3.05) is 11.1 Å². The maximum absolute atomic E-state index is 11.4. The van der Waals surface area contributed by atoms with E-state index in [9.17, 15) is 4.79 Å². The van der Waals surface area contributed by atoms with Crippen molar-refractivity contribution in [3.05, 3.63) is 23.5 Å². The Morgan fingerprint density at radius 1 is 1.45 bits per heavy atom. The van der Waals surface area contributed by atoms with Crippen molar-refractivity contribution in [3.63, 3.8) is 0 Å². The Kier molecular flexibility index (Phi) is 3.62. The summed E-state index contributed by atoms with van der Waals surface area (Å²) in [6.45, 7) is 2.03. The van der Waals surface area contributed by atoms with Gasteiger partial charge in [0.1, 0.15) is 5.82 Å². The lowest BCUT2D eigenvalue weighted by atomic mass is 10.0. The van der Waals surface area contributed by atoms with Crippen molar-refractivity contribution in [1.82, 2.24) is 9.36 Å². The number of aromatic nitrogens is 2. The second-order valence-corrected chi connectivity index (χ2v) is 6.57. The lowest BCUT2D eigenvalue weighted by Gasteiger charge is -2.18. The molecular weight excluding hydrogens is 292 g/mol. The Labute approximate surface area is 125 Å². The third-order valence-corrected chi connectivity index (χ3v) is 4.96. The van der Waals surface area contributed by atoms with Crippen molar-refractivity contribution < 1.29 is 4.79 Å². The Morgan fingerprint density at radius 3 is 3.05 bits per heavy atom. The second kappa shape index (κ2) is 5.41. The predicted molar refractivity (Wildman–Crippen MR) is 81.2 cm³/mol. The first kappa shape index (κ1) is 13.4. The van der Waals surface area contributed by atoms with Crippen LogP contribution in [0, 0.1) is 0 Å². The Bertz CT molecular complexity index is 668. The van der Waals surface area contributed by atoms with E-state index in [-0.39, 0.29) is 5.91 Å². The minimum absolute atomic E-state index is 0.0500. The quantitative estimate of drug-likeness (QED) is 0.852. The smallest absolute Gasteiger partial charge is 0.224 e. The number of nitrogens with zero attached hydrogens (tertiary/aromatic N) is 2. The monoisotopic (exact) mass is 306 g/mol. The number of nitrogens with one attached hydrogen (secondary N) is 1. The molecule has 0 radical (unpaired) electrons. The first-order valence-corrected chi connectivity index (χ1v) is 7.97. The van der Waals surface area contributed by atoms with Gasteiger partial charge in [-0.3, -0.25) is 4.79 Å².